The summed E-state index contributed by atoms with van der Waals surface area (Å²) in [6.45, 7) is 10.1. The van der Waals surface area contributed by atoms with Gasteiger partial charge in [-0.15, -0.1) is 0 Å². The normalized spacial score (nSPS) is 23.7. The molecule has 1 N–H and O–H groups in total. The molecule has 3 heteroatoms. The van der Waals surface area contributed by atoms with Crippen LogP contribution in [0.2, 0.25) is 0 Å². The minimum atomic E-state index is 0.652. The Kier molecular flexibility index (Phi) is 5.53. The van der Waals surface area contributed by atoms with Crippen molar-refractivity contribution in [1.82, 2.24) is 10.2 Å². The maximum absolute atomic E-state index is 5.85. The lowest BCUT2D eigenvalue weighted by molar-refractivity contribution is 0.161. The van der Waals surface area contributed by atoms with E-state index in [1.807, 2.05) is 0 Å². The highest BCUT2D eigenvalue weighted by Gasteiger charge is 2.21. The van der Waals surface area contributed by atoms with Gasteiger partial charge in [0.25, 0.3) is 0 Å². The van der Waals surface area contributed by atoms with Gasteiger partial charge in [0.2, 0.25) is 0 Å². The van der Waals surface area contributed by atoms with Gasteiger partial charge in [-0.2, -0.15) is 0 Å². The lowest BCUT2D eigenvalue weighted by Gasteiger charge is -2.35. The number of halogens is 1. The van der Waals surface area contributed by atoms with Crippen molar-refractivity contribution in [1.29, 1.82) is 0 Å². The van der Waals surface area contributed by atoms with Gasteiger partial charge < -0.3 is 5.32 Å². The molecule has 0 amide bonds. The van der Waals surface area contributed by atoms with Crippen molar-refractivity contribution in [2.75, 3.05) is 26.2 Å². The summed E-state index contributed by atoms with van der Waals surface area (Å²) in [5.41, 5.74) is 0. The van der Waals surface area contributed by atoms with Crippen LogP contribution in [-0.4, -0.2) is 37.1 Å². The molecule has 1 rings (SSSR count). The van der Waals surface area contributed by atoms with E-state index in [1.165, 1.54) is 25.8 Å². The van der Waals surface area contributed by atoms with Gasteiger partial charge in [0.15, 0.2) is 0 Å². The first-order chi connectivity index (χ1) is 6.74. The van der Waals surface area contributed by atoms with E-state index in [0.29, 0.717) is 6.04 Å². The largest absolute Gasteiger partial charge is 0.315 e. The molecule has 0 aromatic carbocycles. The van der Waals surface area contributed by atoms with Crippen LogP contribution in [0.4, 0.5) is 0 Å². The minimum Gasteiger partial charge on any atom is -0.315 e. The maximum atomic E-state index is 5.85. The SMILES string of the molecule is C=C(Cl)CN1CCCCC1CNCC. The molecule has 1 aliphatic rings. The van der Waals surface area contributed by atoms with Crippen molar-refractivity contribution in [3.05, 3.63) is 11.6 Å². The van der Waals surface area contributed by atoms with Crippen LogP contribution in [0.1, 0.15) is 26.2 Å². The Morgan fingerprint density at radius 3 is 3.00 bits per heavy atom. The van der Waals surface area contributed by atoms with Crippen LogP contribution in [0.25, 0.3) is 0 Å². The highest BCUT2D eigenvalue weighted by Crippen LogP contribution is 2.18. The topological polar surface area (TPSA) is 15.3 Å². The summed E-state index contributed by atoms with van der Waals surface area (Å²) in [5, 5.41) is 4.16. The Labute approximate surface area is 92.3 Å². The lowest BCUT2D eigenvalue weighted by Crippen LogP contribution is -2.45. The molecule has 0 spiro atoms. The fourth-order valence-corrected chi connectivity index (χ4v) is 2.18. The van der Waals surface area contributed by atoms with E-state index in [1.54, 1.807) is 0 Å². The average Bonchev–Trinajstić information content (AvgIpc) is 2.16. The number of nitrogens with one attached hydrogen (secondary N) is 1. The van der Waals surface area contributed by atoms with E-state index in [0.717, 1.165) is 24.7 Å². The van der Waals surface area contributed by atoms with Gasteiger partial charge in [-0.05, 0) is 25.9 Å². The lowest BCUT2D eigenvalue weighted by atomic mass is 10.0. The Hall–Kier alpha value is -0.0500. The number of hydrogen-bond donors (Lipinski definition) is 1. The zero-order valence-electron chi connectivity index (χ0n) is 9.06. The summed E-state index contributed by atoms with van der Waals surface area (Å²) in [7, 11) is 0. The van der Waals surface area contributed by atoms with Crippen LogP contribution < -0.4 is 5.32 Å². The predicted octanol–water partition coefficient (Wildman–Crippen LogP) is 2.20. The second-order valence-electron chi connectivity index (χ2n) is 3.95. The zero-order chi connectivity index (χ0) is 10.4. The first-order valence-electron chi connectivity index (χ1n) is 5.52. The van der Waals surface area contributed by atoms with Crippen LogP contribution >= 0.6 is 11.6 Å². The number of nitrogens with zero attached hydrogens (tertiary/aromatic N) is 1. The second kappa shape index (κ2) is 6.44. The quantitative estimate of drug-likeness (QED) is 0.758. The summed E-state index contributed by atoms with van der Waals surface area (Å²) in [5.74, 6) is 0. The van der Waals surface area contributed by atoms with E-state index >= 15 is 0 Å². The van der Waals surface area contributed by atoms with Crippen LogP contribution in [0.3, 0.4) is 0 Å². The fraction of sp³-hybridized carbons (Fsp3) is 0.818. The predicted molar refractivity (Wildman–Crippen MR) is 62.7 cm³/mol. The van der Waals surface area contributed by atoms with Gasteiger partial charge in [-0.25, -0.2) is 0 Å². The molecule has 14 heavy (non-hydrogen) atoms. The molecule has 0 aromatic heterocycles. The number of likely N-dealkylation sites (tertiary alicyclic amines) is 1. The third-order valence-electron chi connectivity index (χ3n) is 2.75. The Bertz CT molecular complexity index is 182. The number of likely N-dealkylation sites (N-methyl/N-ethyl adjacent to an activating group) is 1. The molecular formula is C11H21ClN2. The molecule has 1 unspecified atom stereocenters. The number of piperidine rings is 1. The van der Waals surface area contributed by atoms with Crippen molar-refractivity contribution in [3.8, 4) is 0 Å². The van der Waals surface area contributed by atoms with Gasteiger partial charge in [0, 0.05) is 24.2 Å². The summed E-state index contributed by atoms with van der Waals surface area (Å²) in [6, 6.07) is 0.652. The van der Waals surface area contributed by atoms with Gasteiger partial charge in [-0.1, -0.05) is 31.5 Å². The third kappa shape index (κ3) is 3.99. The van der Waals surface area contributed by atoms with Crippen LogP contribution in [0.15, 0.2) is 11.6 Å². The summed E-state index contributed by atoms with van der Waals surface area (Å²) < 4.78 is 0. The standard InChI is InChI=1S/C11H21ClN2/c1-3-13-8-11-6-4-5-7-14(11)9-10(2)12/h11,13H,2-9H2,1H3. The van der Waals surface area contributed by atoms with E-state index in [4.69, 9.17) is 11.6 Å². The molecular weight excluding hydrogens is 196 g/mol. The van der Waals surface area contributed by atoms with Crippen LogP contribution in [0, 0.1) is 0 Å². The molecule has 1 heterocycles. The first-order valence-corrected chi connectivity index (χ1v) is 5.90. The zero-order valence-corrected chi connectivity index (χ0v) is 9.82. The second-order valence-corrected chi connectivity index (χ2v) is 4.48. The minimum absolute atomic E-state index is 0.652. The maximum Gasteiger partial charge on any atom is 0.0339 e. The number of rotatable bonds is 5. The van der Waals surface area contributed by atoms with E-state index in [-0.39, 0.29) is 0 Å². The van der Waals surface area contributed by atoms with Crippen molar-refractivity contribution >= 4 is 11.6 Å². The monoisotopic (exact) mass is 216 g/mol. The summed E-state index contributed by atoms with van der Waals surface area (Å²) in [6.07, 6.45) is 3.94. The highest BCUT2D eigenvalue weighted by atomic mass is 35.5. The number of hydrogen-bond acceptors (Lipinski definition) is 2. The Morgan fingerprint density at radius 1 is 1.57 bits per heavy atom. The van der Waals surface area contributed by atoms with Gasteiger partial charge in [0.05, 0.1) is 0 Å². The van der Waals surface area contributed by atoms with Crippen molar-refractivity contribution in [2.45, 2.75) is 32.2 Å². The van der Waals surface area contributed by atoms with Crippen LogP contribution in [0.5, 0.6) is 0 Å². The molecule has 0 bridgehead atoms. The molecule has 0 saturated carbocycles. The van der Waals surface area contributed by atoms with E-state index in [2.05, 4.69) is 23.7 Å². The molecule has 0 radical (unpaired) electrons. The first kappa shape index (κ1) is 12.0. The van der Waals surface area contributed by atoms with Crippen molar-refractivity contribution in [2.24, 2.45) is 0 Å². The molecule has 1 saturated heterocycles. The van der Waals surface area contributed by atoms with Crippen LogP contribution in [-0.2, 0) is 0 Å². The molecule has 82 valence electrons. The molecule has 0 aromatic rings. The molecule has 1 aliphatic heterocycles. The Balaban J connectivity index is 2.37. The van der Waals surface area contributed by atoms with E-state index < -0.39 is 0 Å². The average molecular weight is 217 g/mol. The van der Waals surface area contributed by atoms with Gasteiger partial charge in [-0.3, -0.25) is 4.90 Å². The van der Waals surface area contributed by atoms with Crippen molar-refractivity contribution in [3.63, 3.8) is 0 Å². The van der Waals surface area contributed by atoms with Gasteiger partial charge >= 0.3 is 0 Å². The highest BCUT2D eigenvalue weighted by molar-refractivity contribution is 6.29. The van der Waals surface area contributed by atoms with Gasteiger partial charge in [0.1, 0.15) is 0 Å². The summed E-state index contributed by atoms with van der Waals surface area (Å²) >= 11 is 5.85. The Morgan fingerprint density at radius 2 is 2.36 bits per heavy atom. The fourth-order valence-electron chi connectivity index (χ4n) is 2.03. The van der Waals surface area contributed by atoms with Crippen molar-refractivity contribution < 1.29 is 0 Å². The summed E-state index contributed by atoms with van der Waals surface area (Å²) in [4.78, 5) is 2.45. The molecule has 0 aliphatic carbocycles. The molecule has 2 nitrogen and oxygen atoms in total. The van der Waals surface area contributed by atoms with E-state index in [9.17, 15) is 0 Å². The molecule has 1 fully saturated rings. The molecule has 1 atom stereocenters. The smallest absolute Gasteiger partial charge is 0.0339 e. The third-order valence-corrected chi connectivity index (χ3v) is 2.87.